The number of guanidine groups is 1. The van der Waals surface area contributed by atoms with Gasteiger partial charge in [-0.05, 0) is 37.6 Å². The first kappa shape index (κ1) is 19.2. The van der Waals surface area contributed by atoms with E-state index in [4.69, 9.17) is 27.9 Å². The van der Waals surface area contributed by atoms with Crippen molar-refractivity contribution in [3.63, 3.8) is 0 Å². The number of hydrogen-bond donors (Lipinski definition) is 0. The van der Waals surface area contributed by atoms with Gasteiger partial charge in [0, 0.05) is 22.2 Å². The second-order valence-electron chi connectivity index (χ2n) is 5.43. The van der Waals surface area contributed by atoms with Crippen LogP contribution >= 0.6 is 23.2 Å². The first-order chi connectivity index (χ1) is 11.8. The van der Waals surface area contributed by atoms with Crippen molar-refractivity contribution >= 4 is 41.1 Å². The summed E-state index contributed by atoms with van der Waals surface area (Å²) in [5.41, 5.74) is 0.589. The van der Waals surface area contributed by atoms with Gasteiger partial charge in [0.25, 0.3) is 11.9 Å². The van der Waals surface area contributed by atoms with Gasteiger partial charge in [0.15, 0.2) is 5.03 Å². The topological polar surface area (TPSA) is 88.3 Å². The molecule has 134 valence electrons. The molecule has 25 heavy (non-hydrogen) atoms. The number of halogens is 2. The zero-order valence-electron chi connectivity index (χ0n) is 13.6. The lowest BCUT2D eigenvalue weighted by Gasteiger charge is -2.37. The number of carbonyl (C=O) groups is 1. The van der Waals surface area contributed by atoms with Crippen LogP contribution in [0.2, 0.25) is 10.0 Å². The minimum Gasteiger partial charge on any atom is -0.340 e. The normalized spacial score (nSPS) is 16.9. The number of amides is 1. The summed E-state index contributed by atoms with van der Waals surface area (Å²) in [6, 6.07) is 4.72. The van der Waals surface area contributed by atoms with Crippen molar-refractivity contribution in [1.29, 1.82) is 0 Å². The lowest BCUT2D eigenvalue weighted by Crippen LogP contribution is -2.55. The maximum atomic E-state index is 12.5. The van der Waals surface area contributed by atoms with Gasteiger partial charge in [-0.15, -0.1) is 0 Å². The predicted octanol–water partition coefficient (Wildman–Crippen LogP) is 3.04. The van der Waals surface area contributed by atoms with Crippen molar-refractivity contribution in [3.8, 4) is 0 Å². The van der Waals surface area contributed by atoms with Crippen LogP contribution in [0.5, 0.6) is 0 Å². The maximum Gasteiger partial charge on any atom is 0.284 e. The Kier molecular flexibility index (Phi) is 6.35. The molecule has 0 aliphatic carbocycles. The zero-order valence-corrected chi connectivity index (χ0v) is 15.1. The van der Waals surface area contributed by atoms with E-state index >= 15 is 0 Å². The van der Waals surface area contributed by atoms with E-state index in [1.807, 2.05) is 13.8 Å². The fourth-order valence-corrected chi connectivity index (χ4v) is 2.59. The molecule has 0 aromatic heterocycles. The third kappa shape index (κ3) is 4.91. The van der Waals surface area contributed by atoms with Crippen LogP contribution in [-0.4, -0.2) is 46.2 Å². The van der Waals surface area contributed by atoms with Crippen molar-refractivity contribution in [1.82, 2.24) is 9.80 Å². The van der Waals surface area contributed by atoms with Crippen molar-refractivity contribution in [2.45, 2.75) is 19.9 Å². The summed E-state index contributed by atoms with van der Waals surface area (Å²) < 4.78 is 5.33. The number of hydrazone groups is 1. The van der Waals surface area contributed by atoms with Gasteiger partial charge in [0.2, 0.25) is 0 Å². The molecule has 0 N–H and O–H groups in total. The van der Waals surface area contributed by atoms with Crippen molar-refractivity contribution in [3.05, 3.63) is 50.0 Å². The summed E-state index contributed by atoms with van der Waals surface area (Å²) in [6.07, 6.45) is 2.75. The number of rotatable bonds is 4. The molecule has 1 aliphatic heterocycles. The Labute approximate surface area is 154 Å². The highest BCUT2D eigenvalue weighted by Gasteiger charge is 2.32. The summed E-state index contributed by atoms with van der Waals surface area (Å²) in [5.74, 6) is -0.583. The second-order valence-corrected chi connectivity index (χ2v) is 6.27. The van der Waals surface area contributed by atoms with E-state index in [-0.39, 0.29) is 25.5 Å². The SMILES string of the molecule is CC(C)N1COCN(C(=O)/C=C/c2ccc(Cl)cc2Cl)/C1=N/[N+](=O)[O-]. The van der Waals surface area contributed by atoms with Gasteiger partial charge < -0.3 is 9.64 Å². The van der Waals surface area contributed by atoms with Crippen LogP contribution in [0.25, 0.3) is 6.08 Å². The quantitative estimate of drug-likeness (QED) is 0.450. The highest BCUT2D eigenvalue weighted by molar-refractivity contribution is 6.35. The van der Waals surface area contributed by atoms with Crippen molar-refractivity contribution in [2.75, 3.05) is 13.5 Å². The molecule has 0 saturated carbocycles. The monoisotopic (exact) mass is 386 g/mol. The van der Waals surface area contributed by atoms with Crippen molar-refractivity contribution < 1.29 is 14.6 Å². The summed E-state index contributed by atoms with van der Waals surface area (Å²) >= 11 is 11.9. The van der Waals surface area contributed by atoms with Crippen LogP contribution in [0.15, 0.2) is 29.4 Å². The van der Waals surface area contributed by atoms with Gasteiger partial charge in [0.05, 0.1) is 0 Å². The fraction of sp³-hybridized carbons (Fsp3) is 0.333. The van der Waals surface area contributed by atoms with E-state index in [2.05, 4.69) is 5.10 Å². The molecule has 0 atom stereocenters. The van der Waals surface area contributed by atoms with Gasteiger partial charge >= 0.3 is 0 Å². The number of ether oxygens (including phenoxy) is 1. The molecular formula is C15H16Cl2N4O4. The highest BCUT2D eigenvalue weighted by Crippen LogP contribution is 2.22. The summed E-state index contributed by atoms with van der Waals surface area (Å²) in [6.45, 7) is 3.61. The molecule has 0 spiro atoms. The Morgan fingerprint density at radius 2 is 2.12 bits per heavy atom. The summed E-state index contributed by atoms with van der Waals surface area (Å²) in [5, 5.41) is 14.2. The molecular weight excluding hydrogens is 371 g/mol. The molecule has 0 radical (unpaired) electrons. The summed E-state index contributed by atoms with van der Waals surface area (Å²) in [4.78, 5) is 25.9. The Morgan fingerprint density at radius 1 is 1.40 bits per heavy atom. The molecule has 1 heterocycles. The Hall–Kier alpha value is -2.16. The molecule has 0 bridgehead atoms. The van der Waals surface area contributed by atoms with E-state index in [1.165, 1.54) is 17.1 Å². The van der Waals surface area contributed by atoms with Crippen LogP contribution in [0.1, 0.15) is 19.4 Å². The van der Waals surface area contributed by atoms with Gasteiger partial charge in [-0.25, -0.2) is 15.0 Å². The molecule has 1 saturated heterocycles. The molecule has 8 nitrogen and oxygen atoms in total. The maximum absolute atomic E-state index is 12.5. The number of nitro groups is 1. The van der Waals surface area contributed by atoms with Crippen LogP contribution in [0, 0.1) is 10.1 Å². The number of hydrogen-bond acceptors (Lipinski definition) is 4. The van der Waals surface area contributed by atoms with E-state index < -0.39 is 10.9 Å². The smallest absolute Gasteiger partial charge is 0.284 e. The fourth-order valence-electron chi connectivity index (χ4n) is 2.12. The first-order valence-corrected chi connectivity index (χ1v) is 8.07. The lowest BCUT2D eigenvalue weighted by atomic mass is 10.2. The molecule has 1 aromatic rings. The largest absolute Gasteiger partial charge is 0.340 e. The van der Waals surface area contributed by atoms with Gasteiger partial charge in [-0.1, -0.05) is 29.3 Å². The molecule has 0 unspecified atom stereocenters. The highest BCUT2D eigenvalue weighted by atomic mass is 35.5. The Bertz CT molecular complexity index is 736. The minimum absolute atomic E-state index is 0.0666. The third-order valence-corrected chi connectivity index (χ3v) is 3.94. The van der Waals surface area contributed by atoms with Crippen LogP contribution in [0.4, 0.5) is 0 Å². The molecule has 2 rings (SSSR count). The van der Waals surface area contributed by atoms with Gasteiger partial charge in [0.1, 0.15) is 18.6 Å². The minimum atomic E-state index is -0.837. The molecule has 1 aliphatic rings. The molecule has 1 amide bonds. The molecule has 1 fully saturated rings. The number of benzene rings is 1. The predicted molar refractivity (Wildman–Crippen MR) is 94.6 cm³/mol. The lowest BCUT2D eigenvalue weighted by molar-refractivity contribution is -0.486. The molecule has 1 aromatic carbocycles. The standard InChI is InChI=1S/C15H16Cl2N4O4/c1-10(2)19-8-25-9-20(15(19)18-21(23)24)14(22)6-4-11-3-5-12(16)7-13(11)17/h3-7,10H,8-9H2,1-2H3/b6-4+,18-15+. The Morgan fingerprint density at radius 3 is 2.72 bits per heavy atom. The number of nitrogens with zero attached hydrogens (tertiary/aromatic N) is 4. The van der Waals surface area contributed by atoms with Crippen LogP contribution < -0.4 is 0 Å². The van der Waals surface area contributed by atoms with E-state index in [9.17, 15) is 14.9 Å². The Balaban J connectivity index is 2.26. The summed E-state index contributed by atoms with van der Waals surface area (Å²) in [7, 11) is 0. The average Bonchev–Trinajstić information content (AvgIpc) is 2.53. The second kappa shape index (κ2) is 8.28. The number of carbonyl (C=O) groups excluding carboxylic acids is 1. The van der Waals surface area contributed by atoms with E-state index in [0.29, 0.717) is 15.6 Å². The van der Waals surface area contributed by atoms with E-state index in [0.717, 1.165) is 4.90 Å². The van der Waals surface area contributed by atoms with Gasteiger partial charge in [-0.2, -0.15) is 0 Å². The van der Waals surface area contributed by atoms with Crippen LogP contribution in [-0.2, 0) is 9.53 Å². The third-order valence-electron chi connectivity index (χ3n) is 3.38. The molecule has 10 heteroatoms. The zero-order chi connectivity index (χ0) is 18.6. The van der Waals surface area contributed by atoms with E-state index in [1.54, 1.807) is 18.2 Å². The average molecular weight is 387 g/mol. The van der Waals surface area contributed by atoms with Crippen LogP contribution in [0.3, 0.4) is 0 Å². The first-order valence-electron chi connectivity index (χ1n) is 7.31. The van der Waals surface area contributed by atoms with Gasteiger partial charge in [-0.3, -0.25) is 4.79 Å². The van der Waals surface area contributed by atoms with Crippen molar-refractivity contribution in [2.24, 2.45) is 5.10 Å².